The van der Waals surface area contributed by atoms with Gasteiger partial charge in [0.05, 0.1) is 18.8 Å². The first-order chi connectivity index (χ1) is 10.4. The zero-order valence-corrected chi connectivity index (χ0v) is 13.9. The van der Waals surface area contributed by atoms with Crippen LogP contribution in [0.25, 0.3) is 0 Å². The Balaban J connectivity index is 2.36. The molecule has 1 amide bonds. The molecule has 126 valence electrons. The molecule has 6 heteroatoms. The summed E-state index contributed by atoms with van der Waals surface area (Å²) in [6, 6.07) is 0. The van der Waals surface area contributed by atoms with Crippen LogP contribution < -0.4 is 5.32 Å². The first-order valence-electron chi connectivity index (χ1n) is 7.82. The fourth-order valence-corrected chi connectivity index (χ4v) is 2.41. The molecule has 1 rings (SSSR count). The number of nitrogens with one attached hydrogen (secondary N) is 1. The molecule has 22 heavy (non-hydrogen) atoms. The maximum atomic E-state index is 11.9. The average molecular weight is 311 g/mol. The van der Waals surface area contributed by atoms with Gasteiger partial charge in [-0.25, -0.2) is 0 Å². The van der Waals surface area contributed by atoms with Crippen molar-refractivity contribution < 1.29 is 14.6 Å². The molecule has 0 aromatic rings. The Bertz CT molecular complexity index is 381. The molecule has 1 aliphatic heterocycles. The molecule has 1 fully saturated rings. The lowest BCUT2D eigenvalue weighted by atomic mass is 9.98. The second kappa shape index (κ2) is 9.80. The number of hydrogen-bond acceptors (Lipinski definition) is 5. The standard InChI is InChI=1S/C16H29N3O3/c1-5-9-17-16(21)15-14(20)7-6-13(22-15)8-10-19(4)12-11-18(2)3/h1,13-15,20H,6-12H2,2-4H3,(H,17,21). The highest BCUT2D eigenvalue weighted by Gasteiger charge is 2.34. The van der Waals surface area contributed by atoms with Gasteiger partial charge in [-0.3, -0.25) is 4.79 Å². The molecule has 0 radical (unpaired) electrons. The van der Waals surface area contributed by atoms with Crippen molar-refractivity contribution in [2.75, 3.05) is 47.3 Å². The Morgan fingerprint density at radius 2 is 2.05 bits per heavy atom. The minimum Gasteiger partial charge on any atom is -0.390 e. The summed E-state index contributed by atoms with van der Waals surface area (Å²) in [5, 5.41) is 12.5. The van der Waals surface area contributed by atoms with E-state index in [1.165, 1.54) is 0 Å². The molecule has 2 N–H and O–H groups in total. The number of ether oxygens (including phenoxy) is 1. The molecule has 1 saturated heterocycles. The van der Waals surface area contributed by atoms with Crippen molar-refractivity contribution in [3.05, 3.63) is 0 Å². The van der Waals surface area contributed by atoms with E-state index in [4.69, 9.17) is 11.2 Å². The van der Waals surface area contributed by atoms with Gasteiger partial charge in [0.2, 0.25) is 0 Å². The van der Waals surface area contributed by atoms with Crippen molar-refractivity contribution in [2.45, 2.75) is 37.6 Å². The summed E-state index contributed by atoms with van der Waals surface area (Å²) in [5.41, 5.74) is 0. The van der Waals surface area contributed by atoms with Crippen molar-refractivity contribution in [3.8, 4) is 12.3 Å². The fourth-order valence-electron chi connectivity index (χ4n) is 2.41. The molecule has 0 aromatic carbocycles. The molecular weight excluding hydrogens is 282 g/mol. The minimum absolute atomic E-state index is 0.00629. The van der Waals surface area contributed by atoms with Crippen LogP contribution in [0.2, 0.25) is 0 Å². The van der Waals surface area contributed by atoms with E-state index in [1.807, 2.05) is 0 Å². The summed E-state index contributed by atoms with van der Waals surface area (Å²) in [5.74, 6) is 2.02. The van der Waals surface area contributed by atoms with Crippen LogP contribution in [0.4, 0.5) is 0 Å². The maximum Gasteiger partial charge on any atom is 0.252 e. The monoisotopic (exact) mass is 311 g/mol. The van der Waals surface area contributed by atoms with E-state index < -0.39 is 12.2 Å². The minimum atomic E-state index is -0.806. The Morgan fingerprint density at radius 1 is 1.32 bits per heavy atom. The smallest absolute Gasteiger partial charge is 0.252 e. The fraction of sp³-hybridized carbons (Fsp3) is 0.812. The first-order valence-corrected chi connectivity index (χ1v) is 7.82. The summed E-state index contributed by atoms with van der Waals surface area (Å²) >= 11 is 0. The van der Waals surface area contributed by atoms with E-state index in [0.29, 0.717) is 6.42 Å². The van der Waals surface area contributed by atoms with Gasteiger partial charge in [-0.1, -0.05) is 5.92 Å². The molecule has 0 bridgehead atoms. The summed E-state index contributed by atoms with van der Waals surface area (Å²) < 4.78 is 5.77. The van der Waals surface area contributed by atoms with E-state index in [9.17, 15) is 9.90 Å². The summed E-state index contributed by atoms with van der Waals surface area (Å²) in [6.45, 7) is 3.07. The number of nitrogens with zero attached hydrogens (tertiary/aromatic N) is 2. The Labute approximate surface area is 133 Å². The molecule has 0 saturated carbocycles. The predicted molar refractivity (Wildman–Crippen MR) is 86.4 cm³/mol. The Hall–Kier alpha value is -1.13. The first kappa shape index (κ1) is 18.9. The third kappa shape index (κ3) is 6.75. The number of hydrogen-bond donors (Lipinski definition) is 2. The normalized spacial score (nSPS) is 25.2. The molecule has 0 spiro atoms. The van der Waals surface area contributed by atoms with E-state index in [0.717, 1.165) is 32.5 Å². The van der Waals surface area contributed by atoms with Crippen LogP contribution in [-0.4, -0.2) is 86.4 Å². The maximum absolute atomic E-state index is 11.9. The molecule has 1 aliphatic rings. The van der Waals surface area contributed by atoms with Gasteiger partial charge in [-0.15, -0.1) is 6.42 Å². The van der Waals surface area contributed by atoms with Crippen LogP contribution in [0.3, 0.4) is 0 Å². The van der Waals surface area contributed by atoms with E-state index in [1.54, 1.807) is 0 Å². The van der Waals surface area contributed by atoms with E-state index in [2.05, 4.69) is 42.2 Å². The number of aliphatic hydroxyl groups is 1. The predicted octanol–water partition coefficient (Wildman–Crippen LogP) is -0.472. The van der Waals surface area contributed by atoms with Gasteiger partial charge in [0.25, 0.3) is 5.91 Å². The third-order valence-electron chi connectivity index (χ3n) is 3.86. The molecule has 3 unspecified atom stereocenters. The van der Waals surface area contributed by atoms with Crippen molar-refractivity contribution >= 4 is 5.91 Å². The lowest BCUT2D eigenvalue weighted by molar-refractivity contribution is -0.158. The van der Waals surface area contributed by atoms with E-state index in [-0.39, 0.29) is 18.6 Å². The Kier molecular flexibility index (Phi) is 8.43. The lowest BCUT2D eigenvalue weighted by Gasteiger charge is -2.33. The zero-order valence-electron chi connectivity index (χ0n) is 13.9. The van der Waals surface area contributed by atoms with Crippen LogP contribution in [0.1, 0.15) is 19.3 Å². The molecule has 0 aliphatic carbocycles. The van der Waals surface area contributed by atoms with Gasteiger partial charge >= 0.3 is 0 Å². The molecule has 1 heterocycles. The van der Waals surface area contributed by atoms with Crippen LogP contribution >= 0.6 is 0 Å². The highest BCUT2D eigenvalue weighted by molar-refractivity contribution is 5.81. The topological polar surface area (TPSA) is 65.0 Å². The van der Waals surface area contributed by atoms with Gasteiger partial charge in [-0.2, -0.15) is 0 Å². The Morgan fingerprint density at radius 3 is 2.68 bits per heavy atom. The number of rotatable bonds is 8. The van der Waals surface area contributed by atoms with Crippen molar-refractivity contribution in [3.63, 3.8) is 0 Å². The van der Waals surface area contributed by atoms with Crippen LogP contribution in [-0.2, 0) is 9.53 Å². The highest BCUT2D eigenvalue weighted by Crippen LogP contribution is 2.22. The molecule has 0 aromatic heterocycles. The summed E-state index contributed by atoms with van der Waals surface area (Å²) in [7, 11) is 6.19. The van der Waals surface area contributed by atoms with Crippen LogP contribution in [0.15, 0.2) is 0 Å². The lowest BCUT2D eigenvalue weighted by Crippen LogP contribution is -2.49. The molecular formula is C16H29N3O3. The molecule has 3 atom stereocenters. The van der Waals surface area contributed by atoms with Gasteiger partial charge < -0.3 is 25.0 Å². The average Bonchev–Trinajstić information content (AvgIpc) is 2.49. The SMILES string of the molecule is C#CCNC(=O)C1OC(CCN(C)CCN(C)C)CCC1O. The second-order valence-electron chi connectivity index (χ2n) is 6.14. The van der Waals surface area contributed by atoms with Gasteiger partial charge in [0.1, 0.15) is 0 Å². The number of terminal acetylenes is 1. The second-order valence-corrected chi connectivity index (χ2v) is 6.14. The number of aliphatic hydroxyl groups excluding tert-OH is 1. The molecule has 6 nitrogen and oxygen atoms in total. The number of carbonyl (C=O) groups is 1. The van der Waals surface area contributed by atoms with Gasteiger partial charge in [0, 0.05) is 19.6 Å². The van der Waals surface area contributed by atoms with Crippen molar-refractivity contribution in [1.82, 2.24) is 15.1 Å². The van der Waals surface area contributed by atoms with Crippen molar-refractivity contribution in [2.24, 2.45) is 0 Å². The number of likely N-dealkylation sites (N-methyl/N-ethyl adjacent to an activating group) is 2. The van der Waals surface area contributed by atoms with Crippen LogP contribution in [0, 0.1) is 12.3 Å². The third-order valence-corrected chi connectivity index (χ3v) is 3.86. The summed E-state index contributed by atoms with van der Waals surface area (Å²) in [4.78, 5) is 16.3. The van der Waals surface area contributed by atoms with Gasteiger partial charge in [-0.05, 0) is 40.4 Å². The van der Waals surface area contributed by atoms with Gasteiger partial charge in [0.15, 0.2) is 6.10 Å². The largest absolute Gasteiger partial charge is 0.390 e. The summed E-state index contributed by atoms with van der Waals surface area (Å²) in [6.07, 6.45) is 5.79. The quantitative estimate of drug-likeness (QED) is 0.593. The number of amides is 1. The van der Waals surface area contributed by atoms with Crippen LogP contribution in [0.5, 0.6) is 0 Å². The van der Waals surface area contributed by atoms with Crippen molar-refractivity contribution in [1.29, 1.82) is 0 Å². The van der Waals surface area contributed by atoms with E-state index >= 15 is 0 Å². The zero-order chi connectivity index (χ0) is 16.5. The highest BCUT2D eigenvalue weighted by atomic mass is 16.5. The number of carbonyl (C=O) groups excluding carboxylic acids is 1.